The van der Waals surface area contributed by atoms with Crippen molar-refractivity contribution in [3.8, 4) is 33.6 Å². The molecule has 0 saturated heterocycles. The van der Waals surface area contributed by atoms with Crippen LogP contribution in [-0.4, -0.2) is 20.9 Å². The molecule has 0 spiro atoms. The van der Waals surface area contributed by atoms with Crippen molar-refractivity contribution >= 4 is 16.6 Å². The Morgan fingerprint density at radius 2 is 1.40 bits per heavy atom. The molecule has 0 bridgehead atoms. The van der Waals surface area contributed by atoms with Crippen LogP contribution in [0.4, 0.5) is 0 Å². The van der Waals surface area contributed by atoms with E-state index in [0.717, 1.165) is 35.2 Å². The van der Waals surface area contributed by atoms with E-state index < -0.39 is 5.41 Å². The number of rotatable bonds is 3. The van der Waals surface area contributed by atoms with E-state index in [1.807, 2.05) is 41.5 Å². The zero-order valence-electron chi connectivity index (χ0n) is 29.7. The third kappa shape index (κ3) is 8.20. The summed E-state index contributed by atoms with van der Waals surface area (Å²) in [6, 6.07) is 31.9. The van der Waals surface area contributed by atoms with Crippen LogP contribution in [0.25, 0.3) is 44.4 Å². The number of aliphatic hydroxyl groups excluding tert-OH is 1. The zero-order valence-corrected chi connectivity index (χ0v) is 32.1. The molecule has 0 aliphatic heterocycles. The summed E-state index contributed by atoms with van der Waals surface area (Å²) in [7, 11) is 0. The van der Waals surface area contributed by atoms with Crippen molar-refractivity contribution < 1.29 is 30.0 Å². The first-order valence-corrected chi connectivity index (χ1v) is 16.5. The second kappa shape index (κ2) is 14.3. The van der Waals surface area contributed by atoms with Crippen molar-refractivity contribution in [1.29, 1.82) is 0 Å². The van der Waals surface area contributed by atoms with Crippen LogP contribution in [0.5, 0.6) is 0 Å². The van der Waals surface area contributed by atoms with Gasteiger partial charge in [0.25, 0.3) is 0 Å². The van der Waals surface area contributed by atoms with Gasteiger partial charge in [-0.3, -0.25) is 9.78 Å². The summed E-state index contributed by atoms with van der Waals surface area (Å²) in [5.41, 5.74) is 10.0. The van der Waals surface area contributed by atoms with Gasteiger partial charge in [-0.2, -0.15) is 0 Å². The molecule has 5 aromatic rings. The number of hydrogen-bond acceptors (Lipinski definition) is 4. The molecule has 4 aromatic carbocycles. The maximum Gasteiger partial charge on any atom is 0.164 e. The molecule has 1 radical (unpaired) electrons. The third-order valence-electron chi connectivity index (χ3n) is 8.67. The number of aliphatic hydroxyl groups is 1. The number of carbonyl (C=O) groups excluding carboxylic acids is 1. The Hall–Kier alpha value is -3.92. The Morgan fingerprint density at radius 3 is 2.04 bits per heavy atom. The first kappa shape index (κ1) is 36.9. The molecule has 6 rings (SSSR count). The summed E-state index contributed by atoms with van der Waals surface area (Å²) < 4.78 is 0. The quantitative estimate of drug-likeness (QED) is 0.112. The molecule has 1 N–H and O–H groups in total. The average molecular weight is 816 g/mol. The summed E-state index contributed by atoms with van der Waals surface area (Å²) in [6.45, 7) is 17.9. The molecular weight excluding hydrogens is 769 g/mol. The Balaban J connectivity index is 0.000000319. The SMILES string of the molecule is CC(C)(C)C(=O)/C=C(\O)C(C)(C)C.CC(C)(C)c1cc(-c2ncnc3c2CCc2cc(-c4ccccc4)ccc2-3)[c-]c2ccccc12.[Ir]. The minimum absolute atomic E-state index is 0. The van der Waals surface area contributed by atoms with Gasteiger partial charge in [0.15, 0.2) is 5.78 Å². The van der Waals surface area contributed by atoms with Crippen LogP contribution in [0.2, 0.25) is 0 Å². The predicted octanol–water partition coefficient (Wildman–Crippen LogP) is 10.9. The molecule has 1 aliphatic rings. The fourth-order valence-corrected chi connectivity index (χ4v) is 5.75. The Labute approximate surface area is 300 Å². The van der Waals surface area contributed by atoms with Gasteiger partial charge in [0, 0.05) is 48.3 Å². The average Bonchev–Trinajstić information content (AvgIpc) is 3.03. The molecule has 48 heavy (non-hydrogen) atoms. The van der Waals surface area contributed by atoms with Crippen molar-refractivity contribution in [2.45, 2.75) is 80.6 Å². The fourth-order valence-electron chi connectivity index (χ4n) is 5.75. The summed E-state index contributed by atoms with van der Waals surface area (Å²) in [5.74, 6) is 0.104. The van der Waals surface area contributed by atoms with Crippen LogP contribution < -0.4 is 0 Å². The minimum Gasteiger partial charge on any atom is -0.512 e. The van der Waals surface area contributed by atoms with Gasteiger partial charge in [-0.1, -0.05) is 140 Å². The molecule has 0 fully saturated rings. The van der Waals surface area contributed by atoms with Crippen molar-refractivity contribution in [3.05, 3.63) is 120 Å². The van der Waals surface area contributed by atoms with Crippen LogP contribution >= 0.6 is 0 Å². The number of benzene rings is 4. The molecule has 0 unspecified atom stereocenters. The normalized spacial score (nSPS) is 13.1. The summed E-state index contributed by atoms with van der Waals surface area (Å²) in [6.07, 6.45) is 4.97. The minimum atomic E-state index is -0.417. The number of fused-ring (bicyclic) bond motifs is 4. The van der Waals surface area contributed by atoms with Crippen LogP contribution in [0.3, 0.4) is 0 Å². The maximum atomic E-state index is 11.5. The van der Waals surface area contributed by atoms with Gasteiger partial charge in [0.2, 0.25) is 0 Å². The van der Waals surface area contributed by atoms with Gasteiger partial charge in [-0.15, -0.1) is 29.1 Å². The predicted molar refractivity (Wildman–Crippen MR) is 195 cm³/mol. The number of allylic oxidation sites excluding steroid dienone is 2. The van der Waals surface area contributed by atoms with Gasteiger partial charge in [-0.05, 0) is 40.5 Å². The van der Waals surface area contributed by atoms with Crippen LogP contribution in [0, 0.1) is 16.9 Å². The summed E-state index contributed by atoms with van der Waals surface area (Å²) in [5, 5.41) is 12.0. The topological polar surface area (TPSA) is 63.1 Å². The molecule has 0 amide bonds. The van der Waals surface area contributed by atoms with Crippen molar-refractivity contribution in [2.75, 3.05) is 0 Å². The number of aromatic nitrogens is 2. The standard InChI is InChI=1S/C32H27N2.C11H20O2.Ir/c1-32(2,3)29-19-25(18-23-11-7-8-12-26(23)29)30-28-16-14-24-17-22(21-9-5-4-6-10-21)13-15-27(24)31(28)34-20-33-30;1-10(2,3)8(12)7-9(13)11(4,5)6;/h4-13,15,17,19-20H,14,16H2,1-3H3;7,12H,1-6H3;/q-1;;/b;8-7-;. The van der Waals surface area contributed by atoms with E-state index in [9.17, 15) is 9.90 Å². The van der Waals surface area contributed by atoms with E-state index in [1.165, 1.54) is 44.8 Å². The smallest absolute Gasteiger partial charge is 0.164 e. The first-order chi connectivity index (χ1) is 22.0. The molecule has 1 aliphatic carbocycles. The van der Waals surface area contributed by atoms with E-state index in [-0.39, 0.29) is 42.5 Å². The number of hydrogen-bond donors (Lipinski definition) is 1. The third-order valence-corrected chi connectivity index (χ3v) is 8.67. The molecular formula is C43H47IrN2O2-. The number of aryl methyl sites for hydroxylation is 1. The van der Waals surface area contributed by atoms with E-state index in [2.05, 4.69) is 106 Å². The monoisotopic (exact) mass is 816 g/mol. The van der Waals surface area contributed by atoms with Crippen LogP contribution in [0.15, 0.2) is 97.0 Å². The van der Waals surface area contributed by atoms with Crippen molar-refractivity contribution in [1.82, 2.24) is 9.97 Å². The van der Waals surface area contributed by atoms with E-state index >= 15 is 0 Å². The zero-order chi connectivity index (χ0) is 34.1. The van der Waals surface area contributed by atoms with Gasteiger partial charge in [-0.25, -0.2) is 4.98 Å². The Kier molecular flexibility index (Phi) is 11.0. The van der Waals surface area contributed by atoms with E-state index in [0.29, 0.717) is 0 Å². The summed E-state index contributed by atoms with van der Waals surface area (Å²) >= 11 is 0. The van der Waals surface area contributed by atoms with E-state index in [4.69, 9.17) is 9.97 Å². The summed E-state index contributed by atoms with van der Waals surface area (Å²) in [4.78, 5) is 21.0. The molecule has 5 heteroatoms. The number of nitrogens with zero attached hydrogens (tertiary/aromatic N) is 2. The molecule has 1 heterocycles. The number of carbonyl (C=O) groups is 1. The van der Waals surface area contributed by atoms with Gasteiger partial charge >= 0.3 is 0 Å². The van der Waals surface area contributed by atoms with Gasteiger partial charge < -0.3 is 5.11 Å². The molecule has 0 saturated carbocycles. The number of ketones is 1. The van der Waals surface area contributed by atoms with E-state index in [1.54, 1.807) is 6.33 Å². The maximum absolute atomic E-state index is 11.5. The van der Waals surface area contributed by atoms with Crippen molar-refractivity contribution in [3.63, 3.8) is 0 Å². The second-order valence-electron chi connectivity index (χ2n) is 15.6. The molecule has 1 aromatic heterocycles. The fraction of sp³-hybridized carbons (Fsp3) is 0.326. The largest absolute Gasteiger partial charge is 0.512 e. The first-order valence-electron chi connectivity index (χ1n) is 16.5. The van der Waals surface area contributed by atoms with Gasteiger partial charge in [0.05, 0.1) is 5.69 Å². The molecule has 4 nitrogen and oxygen atoms in total. The van der Waals surface area contributed by atoms with Crippen LogP contribution in [0.1, 0.15) is 79.0 Å². The van der Waals surface area contributed by atoms with Gasteiger partial charge in [0.1, 0.15) is 12.1 Å². The molecule has 251 valence electrons. The second-order valence-corrected chi connectivity index (χ2v) is 15.6. The Bertz CT molecular complexity index is 1960. The Morgan fingerprint density at radius 1 is 0.750 bits per heavy atom. The van der Waals surface area contributed by atoms with Crippen molar-refractivity contribution in [2.24, 2.45) is 10.8 Å². The van der Waals surface area contributed by atoms with Crippen LogP contribution in [-0.2, 0) is 43.2 Å². The molecule has 0 atom stereocenters.